The molecule has 148 valence electrons. The molecule has 1 aromatic rings. The van der Waals surface area contributed by atoms with Crippen LogP contribution in [0.5, 0.6) is 0 Å². The molecule has 2 aliphatic heterocycles. The fourth-order valence-electron chi connectivity index (χ4n) is 3.50. The molecule has 0 amide bonds. The van der Waals surface area contributed by atoms with E-state index in [0.29, 0.717) is 12.2 Å². The highest BCUT2D eigenvalue weighted by molar-refractivity contribution is 14.0. The van der Waals surface area contributed by atoms with Gasteiger partial charge in [-0.2, -0.15) is 0 Å². The zero-order valence-electron chi connectivity index (χ0n) is 15.7. The van der Waals surface area contributed by atoms with Crippen LogP contribution in [0, 0.1) is 0 Å². The Morgan fingerprint density at radius 2 is 2.15 bits per heavy atom. The molecule has 1 N–H and O–H groups in total. The van der Waals surface area contributed by atoms with Crippen LogP contribution in [0.2, 0.25) is 0 Å². The van der Waals surface area contributed by atoms with E-state index in [2.05, 4.69) is 15.2 Å². The normalized spacial score (nSPS) is 22.1. The van der Waals surface area contributed by atoms with Crippen molar-refractivity contribution in [3.63, 3.8) is 0 Å². The van der Waals surface area contributed by atoms with E-state index in [4.69, 9.17) is 13.9 Å². The van der Waals surface area contributed by atoms with Crippen molar-refractivity contribution < 1.29 is 13.9 Å². The van der Waals surface area contributed by atoms with Crippen molar-refractivity contribution in [1.29, 1.82) is 0 Å². The number of ether oxygens (including phenoxy) is 2. The first-order valence-electron chi connectivity index (χ1n) is 9.56. The maximum Gasteiger partial charge on any atom is 0.193 e. The average Bonchev–Trinajstić information content (AvgIpc) is 3.18. The fourth-order valence-corrected chi connectivity index (χ4v) is 3.50. The van der Waals surface area contributed by atoms with Crippen molar-refractivity contribution in [3.05, 3.63) is 24.2 Å². The Kier molecular flexibility index (Phi) is 9.77. The summed E-state index contributed by atoms with van der Waals surface area (Å²) < 4.78 is 17.2. The van der Waals surface area contributed by atoms with Crippen LogP contribution in [0.25, 0.3) is 0 Å². The van der Waals surface area contributed by atoms with Gasteiger partial charge in [0.1, 0.15) is 5.76 Å². The van der Waals surface area contributed by atoms with Gasteiger partial charge in [0.2, 0.25) is 0 Å². The average molecular weight is 477 g/mol. The maximum atomic E-state index is 6.09. The van der Waals surface area contributed by atoms with E-state index in [-0.39, 0.29) is 24.0 Å². The van der Waals surface area contributed by atoms with Crippen molar-refractivity contribution in [3.8, 4) is 0 Å². The number of aliphatic imine (C=N–C) groups is 1. The van der Waals surface area contributed by atoms with Crippen LogP contribution in [0.3, 0.4) is 0 Å². The Labute approximate surface area is 173 Å². The number of furan rings is 1. The number of nitrogens with zero attached hydrogens (tertiary/aromatic N) is 2. The summed E-state index contributed by atoms with van der Waals surface area (Å²) in [6.45, 7) is 4.44. The van der Waals surface area contributed by atoms with Crippen molar-refractivity contribution in [1.82, 2.24) is 10.2 Å². The number of piperidine rings is 1. The van der Waals surface area contributed by atoms with Gasteiger partial charge in [-0.25, -0.2) is 0 Å². The zero-order chi connectivity index (χ0) is 17.3. The number of hydrogen-bond acceptors (Lipinski definition) is 4. The summed E-state index contributed by atoms with van der Waals surface area (Å²) in [5.74, 6) is 1.97. The highest BCUT2D eigenvalue weighted by Crippen LogP contribution is 2.18. The standard InChI is InChI=1S/C19H31N3O3.HI/c1-20-19(21-10-7-16-6-4-14-23-16)22-11-8-17(9-12-22)25-15-18-5-2-3-13-24-18;/h4,6,14,17-18H,2-3,5,7-13,15H2,1H3,(H,20,21);1H. The van der Waals surface area contributed by atoms with Crippen LogP contribution in [-0.2, 0) is 15.9 Å². The third-order valence-corrected chi connectivity index (χ3v) is 4.98. The summed E-state index contributed by atoms with van der Waals surface area (Å²) >= 11 is 0. The first-order valence-corrected chi connectivity index (χ1v) is 9.56. The molecule has 7 heteroatoms. The van der Waals surface area contributed by atoms with E-state index < -0.39 is 0 Å². The number of nitrogens with one attached hydrogen (secondary N) is 1. The molecular weight excluding hydrogens is 445 g/mol. The number of hydrogen-bond donors (Lipinski definition) is 1. The maximum absolute atomic E-state index is 6.09. The van der Waals surface area contributed by atoms with E-state index >= 15 is 0 Å². The number of guanidine groups is 1. The van der Waals surface area contributed by atoms with Crippen molar-refractivity contribution in [2.24, 2.45) is 4.99 Å². The molecule has 0 spiro atoms. The van der Waals surface area contributed by atoms with E-state index in [1.807, 2.05) is 19.2 Å². The van der Waals surface area contributed by atoms with Crippen LogP contribution in [-0.4, -0.2) is 63.0 Å². The van der Waals surface area contributed by atoms with Crippen LogP contribution < -0.4 is 5.32 Å². The number of rotatable bonds is 6. The molecule has 0 aromatic carbocycles. The molecule has 2 aliphatic rings. The second kappa shape index (κ2) is 11.8. The van der Waals surface area contributed by atoms with Crippen LogP contribution in [0.15, 0.2) is 27.8 Å². The highest BCUT2D eigenvalue weighted by atomic mass is 127. The molecule has 0 radical (unpaired) electrons. The quantitative estimate of drug-likeness (QED) is 0.388. The van der Waals surface area contributed by atoms with Gasteiger partial charge >= 0.3 is 0 Å². The minimum Gasteiger partial charge on any atom is -0.469 e. The van der Waals surface area contributed by atoms with Gasteiger partial charge in [0, 0.05) is 39.7 Å². The lowest BCUT2D eigenvalue weighted by Crippen LogP contribution is -2.47. The zero-order valence-corrected chi connectivity index (χ0v) is 18.0. The summed E-state index contributed by atoms with van der Waals surface area (Å²) in [5, 5.41) is 3.43. The minimum atomic E-state index is 0. The Hall–Kier alpha value is -0.800. The van der Waals surface area contributed by atoms with Gasteiger partial charge in [0.15, 0.2) is 5.96 Å². The number of halogens is 1. The Balaban J connectivity index is 0.00000243. The molecule has 2 fully saturated rings. The van der Waals surface area contributed by atoms with Crippen LogP contribution in [0.4, 0.5) is 0 Å². The predicted octanol–water partition coefficient (Wildman–Crippen LogP) is 3.07. The summed E-state index contributed by atoms with van der Waals surface area (Å²) in [5.41, 5.74) is 0. The third-order valence-electron chi connectivity index (χ3n) is 4.98. The van der Waals surface area contributed by atoms with Crippen molar-refractivity contribution >= 4 is 29.9 Å². The summed E-state index contributed by atoms with van der Waals surface area (Å²) in [6.07, 6.45) is 8.95. The van der Waals surface area contributed by atoms with E-state index in [0.717, 1.165) is 70.3 Å². The van der Waals surface area contributed by atoms with Gasteiger partial charge in [-0.05, 0) is 44.2 Å². The first-order chi connectivity index (χ1) is 12.3. The first kappa shape index (κ1) is 21.5. The lowest BCUT2D eigenvalue weighted by atomic mass is 10.1. The fraction of sp³-hybridized carbons (Fsp3) is 0.737. The summed E-state index contributed by atoms with van der Waals surface area (Å²) in [6, 6.07) is 3.93. The minimum absolute atomic E-state index is 0. The molecule has 3 heterocycles. The van der Waals surface area contributed by atoms with E-state index in [1.54, 1.807) is 6.26 Å². The van der Waals surface area contributed by atoms with Crippen molar-refractivity contribution in [2.75, 3.05) is 39.9 Å². The Bertz CT molecular complexity index is 510. The molecule has 0 bridgehead atoms. The summed E-state index contributed by atoms with van der Waals surface area (Å²) in [4.78, 5) is 6.73. The molecule has 1 unspecified atom stereocenters. The molecule has 2 saturated heterocycles. The molecule has 0 aliphatic carbocycles. The molecule has 1 atom stereocenters. The van der Waals surface area contributed by atoms with Gasteiger partial charge in [0.05, 0.1) is 25.1 Å². The van der Waals surface area contributed by atoms with Gasteiger partial charge in [-0.3, -0.25) is 4.99 Å². The van der Waals surface area contributed by atoms with Crippen LogP contribution >= 0.6 is 24.0 Å². The van der Waals surface area contributed by atoms with Gasteiger partial charge in [-0.15, -0.1) is 24.0 Å². The largest absolute Gasteiger partial charge is 0.469 e. The van der Waals surface area contributed by atoms with Gasteiger partial charge in [0.25, 0.3) is 0 Å². The summed E-state index contributed by atoms with van der Waals surface area (Å²) in [7, 11) is 1.85. The van der Waals surface area contributed by atoms with Gasteiger partial charge in [-0.1, -0.05) is 0 Å². The lowest BCUT2D eigenvalue weighted by Gasteiger charge is -2.35. The lowest BCUT2D eigenvalue weighted by molar-refractivity contribution is -0.0721. The predicted molar refractivity (Wildman–Crippen MR) is 113 cm³/mol. The molecule has 6 nitrogen and oxygen atoms in total. The molecule has 0 saturated carbocycles. The highest BCUT2D eigenvalue weighted by Gasteiger charge is 2.23. The smallest absolute Gasteiger partial charge is 0.193 e. The van der Waals surface area contributed by atoms with E-state index in [9.17, 15) is 0 Å². The molecule has 3 rings (SSSR count). The third kappa shape index (κ3) is 6.74. The molecule has 1 aromatic heterocycles. The van der Waals surface area contributed by atoms with E-state index in [1.165, 1.54) is 12.8 Å². The van der Waals surface area contributed by atoms with Gasteiger partial charge < -0.3 is 24.1 Å². The van der Waals surface area contributed by atoms with Crippen LogP contribution in [0.1, 0.15) is 37.9 Å². The number of likely N-dealkylation sites (tertiary alicyclic amines) is 1. The van der Waals surface area contributed by atoms with Crippen molar-refractivity contribution in [2.45, 2.75) is 50.7 Å². The Morgan fingerprint density at radius 1 is 1.31 bits per heavy atom. The molecular formula is C19H32IN3O3. The molecule has 26 heavy (non-hydrogen) atoms. The Morgan fingerprint density at radius 3 is 2.81 bits per heavy atom. The SMILES string of the molecule is CN=C(NCCc1ccco1)N1CCC(OCC2CCCCO2)CC1.I. The second-order valence-corrected chi connectivity index (χ2v) is 6.81. The topological polar surface area (TPSA) is 59.2 Å². The second-order valence-electron chi connectivity index (χ2n) is 6.81. The monoisotopic (exact) mass is 477 g/mol.